The quantitative estimate of drug-likeness (QED) is 0.710. The molecule has 0 saturated carbocycles. The predicted molar refractivity (Wildman–Crippen MR) is 80.5 cm³/mol. The molecule has 1 heterocycles. The maximum atomic E-state index is 14.0. The summed E-state index contributed by atoms with van der Waals surface area (Å²) in [6.07, 6.45) is 0.410. The van der Waals surface area contributed by atoms with Crippen LogP contribution in [-0.2, 0) is 0 Å². The van der Waals surface area contributed by atoms with Gasteiger partial charge in [-0.25, -0.2) is 4.39 Å². The molecule has 4 nitrogen and oxygen atoms in total. The largest absolute Gasteiger partial charge is 0.389 e. The second-order valence-electron chi connectivity index (χ2n) is 5.71. The summed E-state index contributed by atoms with van der Waals surface area (Å²) in [6, 6.07) is 6.81. The van der Waals surface area contributed by atoms with Gasteiger partial charge in [-0.15, -0.1) is 0 Å². The Morgan fingerprint density at radius 3 is 2.57 bits per heavy atom. The van der Waals surface area contributed by atoms with E-state index in [0.29, 0.717) is 18.7 Å². The molecule has 1 aliphatic rings. The Bertz CT molecular complexity index is 434. The lowest BCUT2D eigenvalue weighted by Crippen LogP contribution is -2.30. The third kappa shape index (κ3) is 4.48. The third-order valence-electron chi connectivity index (χ3n) is 3.99. The van der Waals surface area contributed by atoms with Gasteiger partial charge in [0.15, 0.2) is 0 Å². The van der Waals surface area contributed by atoms with Gasteiger partial charge in [-0.3, -0.25) is 4.90 Å². The van der Waals surface area contributed by atoms with Gasteiger partial charge in [0, 0.05) is 31.2 Å². The first-order valence-electron chi connectivity index (χ1n) is 7.68. The normalized spacial score (nSPS) is 24.4. The van der Waals surface area contributed by atoms with Crippen molar-refractivity contribution in [3.05, 3.63) is 35.6 Å². The summed E-state index contributed by atoms with van der Waals surface area (Å²) < 4.78 is 14.0. The van der Waals surface area contributed by atoms with E-state index in [1.807, 2.05) is 17.0 Å². The molecule has 0 amide bonds. The van der Waals surface area contributed by atoms with Gasteiger partial charge in [0.05, 0.1) is 12.2 Å². The number of nitrogens with zero attached hydrogens (tertiary/aromatic N) is 1. The van der Waals surface area contributed by atoms with Crippen LogP contribution in [0.5, 0.6) is 0 Å². The van der Waals surface area contributed by atoms with Crippen LogP contribution in [0.1, 0.15) is 31.4 Å². The van der Waals surface area contributed by atoms with Gasteiger partial charge < -0.3 is 15.5 Å². The van der Waals surface area contributed by atoms with Crippen molar-refractivity contribution in [2.75, 3.05) is 26.2 Å². The molecule has 0 radical (unpaired) electrons. The Balaban J connectivity index is 1.95. The van der Waals surface area contributed by atoms with Gasteiger partial charge in [-0.2, -0.15) is 0 Å². The molecule has 3 unspecified atom stereocenters. The predicted octanol–water partition coefficient (Wildman–Crippen LogP) is 1.29. The van der Waals surface area contributed by atoms with Crippen LogP contribution in [0.3, 0.4) is 0 Å². The molecule has 1 fully saturated rings. The van der Waals surface area contributed by atoms with E-state index in [4.69, 9.17) is 0 Å². The number of β-amino-alcohol motifs (C(OH)–C–C–N with tert-alkyl or cyclic N) is 2. The summed E-state index contributed by atoms with van der Waals surface area (Å²) in [5, 5.41) is 22.5. The molecule has 3 N–H and O–H groups in total. The van der Waals surface area contributed by atoms with Crippen LogP contribution < -0.4 is 5.32 Å². The molecular weight excluding hydrogens is 271 g/mol. The molecule has 5 heteroatoms. The van der Waals surface area contributed by atoms with Gasteiger partial charge in [-0.05, 0) is 25.5 Å². The van der Waals surface area contributed by atoms with Gasteiger partial charge in [-0.1, -0.05) is 25.1 Å². The highest BCUT2D eigenvalue weighted by Gasteiger charge is 2.29. The number of nitrogens with one attached hydrogen (secondary N) is 1. The van der Waals surface area contributed by atoms with E-state index in [2.05, 4.69) is 12.2 Å². The lowest BCUT2D eigenvalue weighted by atomic mass is 10.0. The van der Waals surface area contributed by atoms with Crippen LogP contribution >= 0.6 is 0 Å². The number of aliphatic hydroxyl groups excluding tert-OH is 2. The Morgan fingerprint density at radius 1 is 1.29 bits per heavy atom. The van der Waals surface area contributed by atoms with Crippen molar-refractivity contribution in [3.8, 4) is 0 Å². The molecule has 118 valence electrons. The van der Waals surface area contributed by atoms with Crippen LogP contribution in [-0.4, -0.2) is 53.5 Å². The number of rotatable bonds is 7. The van der Waals surface area contributed by atoms with Gasteiger partial charge in [0.25, 0.3) is 0 Å². The average Bonchev–Trinajstić information content (AvgIpc) is 2.79. The Kier molecular flexibility index (Phi) is 6.11. The van der Waals surface area contributed by atoms with Gasteiger partial charge >= 0.3 is 0 Å². The molecule has 1 aromatic carbocycles. The standard InChI is InChI=1S/C16H25FN2O2/c1-2-8-18-14(12-5-3-4-6-13(12)17)7-9-19-10-15(20)16(21)11-19/h3-6,14-16,18,20-21H,2,7-11H2,1H3. The monoisotopic (exact) mass is 296 g/mol. The van der Waals surface area contributed by atoms with Crippen molar-refractivity contribution in [2.45, 2.75) is 38.0 Å². The number of hydrogen-bond donors (Lipinski definition) is 3. The molecule has 0 aliphatic carbocycles. The number of hydrogen-bond acceptors (Lipinski definition) is 4. The van der Waals surface area contributed by atoms with E-state index in [1.165, 1.54) is 6.07 Å². The first-order chi connectivity index (χ1) is 10.1. The first-order valence-corrected chi connectivity index (χ1v) is 7.68. The fraction of sp³-hybridized carbons (Fsp3) is 0.625. The fourth-order valence-corrected chi connectivity index (χ4v) is 2.79. The smallest absolute Gasteiger partial charge is 0.127 e. The summed E-state index contributed by atoms with van der Waals surface area (Å²) in [5.41, 5.74) is 0.686. The Morgan fingerprint density at radius 2 is 1.95 bits per heavy atom. The van der Waals surface area contributed by atoms with E-state index in [9.17, 15) is 14.6 Å². The lowest BCUT2D eigenvalue weighted by Gasteiger charge is -2.23. The minimum Gasteiger partial charge on any atom is -0.389 e. The Labute approximate surface area is 125 Å². The molecule has 0 bridgehead atoms. The average molecular weight is 296 g/mol. The molecular formula is C16H25FN2O2. The van der Waals surface area contributed by atoms with Crippen molar-refractivity contribution in [3.63, 3.8) is 0 Å². The lowest BCUT2D eigenvalue weighted by molar-refractivity contribution is 0.0572. The SMILES string of the molecule is CCCNC(CCN1CC(O)C(O)C1)c1ccccc1F. The molecule has 1 aliphatic heterocycles. The number of halogens is 1. The summed E-state index contributed by atoms with van der Waals surface area (Å²) in [4.78, 5) is 2.02. The van der Waals surface area contributed by atoms with Crippen molar-refractivity contribution < 1.29 is 14.6 Å². The summed E-state index contributed by atoms with van der Waals surface area (Å²) in [5.74, 6) is -0.187. The zero-order chi connectivity index (χ0) is 15.2. The van der Waals surface area contributed by atoms with Crippen LogP contribution in [0.15, 0.2) is 24.3 Å². The highest BCUT2D eigenvalue weighted by atomic mass is 19.1. The van der Waals surface area contributed by atoms with Crippen LogP contribution in [0.4, 0.5) is 4.39 Å². The zero-order valence-corrected chi connectivity index (χ0v) is 12.5. The third-order valence-corrected chi connectivity index (χ3v) is 3.99. The highest BCUT2D eigenvalue weighted by Crippen LogP contribution is 2.21. The molecule has 3 atom stereocenters. The molecule has 0 spiro atoms. The van der Waals surface area contributed by atoms with E-state index in [0.717, 1.165) is 25.9 Å². The minimum absolute atomic E-state index is 0.0407. The minimum atomic E-state index is -0.666. The number of benzene rings is 1. The van der Waals surface area contributed by atoms with Crippen molar-refractivity contribution >= 4 is 0 Å². The summed E-state index contributed by atoms with van der Waals surface area (Å²) >= 11 is 0. The van der Waals surface area contributed by atoms with Crippen LogP contribution in [0.2, 0.25) is 0 Å². The molecule has 1 aromatic rings. The fourth-order valence-electron chi connectivity index (χ4n) is 2.79. The topological polar surface area (TPSA) is 55.7 Å². The van der Waals surface area contributed by atoms with Crippen molar-refractivity contribution in [1.29, 1.82) is 0 Å². The highest BCUT2D eigenvalue weighted by molar-refractivity contribution is 5.21. The number of aliphatic hydroxyl groups is 2. The second kappa shape index (κ2) is 7.84. The molecule has 2 rings (SSSR count). The van der Waals surface area contributed by atoms with E-state index >= 15 is 0 Å². The second-order valence-corrected chi connectivity index (χ2v) is 5.71. The first kappa shape index (κ1) is 16.4. The zero-order valence-electron chi connectivity index (χ0n) is 12.5. The van der Waals surface area contributed by atoms with Crippen LogP contribution in [0.25, 0.3) is 0 Å². The summed E-state index contributed by atoms with van der Waals surface area (Å²) in [6.45, 7) is 4.62. The molecule has 0 aromatic heterocycles. The van der Waals surface area contributed by atoms with E-state index in [-0.39, 0.29) is 11.9 Å². The molecule has 21 heavy (non-hydrogen) atoms. The molecule has 1 saturated heterocycles. The van der Waals surface area contributed by atoms with E-state index < -0.39 is 12.2 Å². The maximum absolute atomic E-state index is 14.0. The van der Waals surface area contributed by atoms with Crippen molar-refractivity contribution in [2.24, 2.45) is 0 Å². The maximum Gasteiger partial charge on any atom is 0.127 e. The van der Waals surface area contributed by atoms with Crippen molar-refractivity contribution in [1.82, 2.24) is 10.2 Å². The van der Waals surface area contributed by atoms with E-state index in [1.54, 1.807) is 6.07 Å². The van der Waals surface area contributed by atoms with Crippen LogP contribution in [0, 0.1) is 5.82 Å². The van der Waals surface area contributed by atoms with Gasteiger partial charge in [0.1, 0.15) is 5.82 Å². The van der Waals surface area contributed by atoms with Gasteiger partial charge in [0.2, 0.25) is 0 Å². The Hall–Kier alpha value is -1.01. The number of likely N-dealkylation sites (tertiary alicyclic amines) is 1. The summed E-state index contributed by atoms with van der Waals surface area (Å²) in [7, 11) is 0.